The van der Waals surface area contributed by atoms with E-state index in [-0.39, 0.29) is 5.92 Å². The lowest BCUT2D eigenvalue weighted by molar-refractivity contribution is -0.147. The number of esters is 2. The summed E-state index contributed by atoms with van der Waals surface area (Å²) in [6.07, 6.45) is 2.63. The molecule has 0 spiro atoms. The topological polar surface area (TPSA) is 81.7 Å². The molecule has 0 unspecified atom stereocenters. The van der Waals surface area contributed by atoms with Gasteiger partial charge in [0.2, 0.25) is 0 Å². The highest BCUT2D eigenvalue weighted by atomic mass is 32.2. The van der Waals surface area contributed by atoms with Crippen molar-refractivity contribution in [3.8, 4) is 0 Å². The summed E-state index contributed by atoms with van der Waals surface area (Å²) in [5, 5.41) is 2.55. The number of thioether (sulfide) groups is 1. The molecule has 0 aliphatic carbocycles. The number of hydrogen-bond donors (Lipinski definition) is 1. The summed E-state index contributed by atoms with van der Waals surface area (Å²) in [7, 11) is 1.27. The number of ether oxygens (including phenoxy) is 2. The molecule has 0 heterocycles. The van der Waals surface area contributed by atoms with Crippen molar-refractivity contribution in [1.29, 1.82) is 0 Å². The minimum atomic E-state index is -0.757. The number of carbonyl (C=O) groups is 3. The molecule has 7 heteroatoms. The summed E-state index contributed by atoms with van der Waals surface area (Å²) in [6.45, 7) is 3.29. The molecule has 1 amide bonds. The van der Waals surface area contributed by atoms with E-state index in [0.717, 1.165) is 4.90 Å². The molecule has 6 nitrogen and oxygen atoms in total. The first-order chi connectivity index (χ1) is 11.4. The Hall–Kier alpha value is -2.02. The van der Waals surface area contributed by atoms with Crippen molar-refractivity contribution >= 4 is 29.6 Å². The number of nitrogens with one attached hydrogen (secondary N) is 1. The summed E-state index contributed by atoms with van der Waals surface area (Å²) >= 11 is 1.56. The molecule has 0 saturated heterocycles. The zero-order chi connectivity index (χ0) is 18.1. The molecule has 0 saturated carbocycles. The molecule has 1 N–H and O–H groups in total. The molecule has 0 aliphatic heterocycles. The monoisotopic (exact) mass is 353 g/mol. The van der Waals surface area contributed by atoms with Crippen molar-refractivity contribution < 1.29 is 23.9 Å². The molecule has 0 aliphatic rings. The predicted molar refractivity (Wildman–Crippen MR) is 91.9 cm³/mol. The van der Waals surface area contributed by atoms with E-state index in [1.165, 1.54) is 7.11 Å². The van der Waals surface area contributed by atoms with Crippen LogP contribution in [0.15, 0.2) is 29.2 Å². The number of amides is 1. The molecular weight excluding hydrogens is 330 g/mol. The molecule has 0 bridgehead atoms. The minimum Gasteiger partial charge on any atom is -0.467 e. The maximum absolute atomic E-state index is 11.9. The third-order valence-electron chi connectivity index (χ3n) is 3.64. The van der Waals surface area contributed by atoms with Crippen molar-refractivity contribution in [3.63, 3.8) is 0 Å². The Morgan fingerprint density at radius 3 is 2.33 bits per heavy atom. The van der Waals surface area contributed by atoms with Gasteiger partial charge < -0.3 is 14.8 Å². The van der Waals surface area contributed by atoms with E-state index in [9.17, 15) is 14.4 Å². The average molecular weight is 353 g/mol. The number of rotatable bonds is 8. The lowest BCUT2D eigenvalue weighted by Gasteiger charge is -2.21. The second-order valence-electron chi connectivity index (χ2n) is 5.26. The van der Waals surface area contributed by atoms with Gasteiger partial charge in [0.15, 0.2) is 6.61 Å². The number of benzene rings is 1. The fourth-order valence-corrected chi connectivity index (χ4v) is 2.36. The standard InChI is InChI=1S/C17H23NO5S/c1-5-11(2)15(17(21)22-3)18-14(19)10-23-16(20)12-6-8-13(24-4)9-7-12/h6-9,11,15H,5,10H2,1-4H3,(H,18,19)/t11-,15-/m0/s1. The van der Waals surface area contributed by atoms with E-state index >= 15 is 0 Å². The first-order valence-electron chi connectivity index (χ1n) is 7.61. The Morgan fingerprint density at radius 1 is 1.21 bits per heavy atom. The highest BCUT2D eigenvalue weighted by Crippen LogP contribution is 2.15. The van der Waals surface area contributed by atoms with E-state index in [0.29, 0.717) is 12.0 Å². The van der Waals surface area contributed by atoms with Crippen LogP contribution in [0.2, 0.25) is 0 Å². The normalized spacial score (nSPS) is 12.8. The van der Waals surface area contributed by atoms with Gasteiger partial charge in [-0.25, -0.2) is 9.59 Å². The molecule has 132 valence electrons. The third-order valence-corrected chi connectivity index (χ3v) is 4.39. The molecule has 1 aromatic rings. The van der Waals surface area contributed by atoms with E-state index in [4.69, 9.17) is 4.74 Å². The summed E-state index contributed by atoms with van der Waals surface area (Å²) < 4.78 is 9.67. The molecular formula is C17H23NO5S. The van der Waals surface area contributed by atoms with Crippen LogP contribution in [0.1, 0.15) is 30.6 Å². The summed E-state index contributed by atoms with van der Waals surface area (Å²) in [5.74, 6) is -1.73. The maximum Gasteiger partial charge on any atom is 0.338 e. The lowest BCUT2D eigenvalue weighted by Crippen LogP contribution is -2.47. The van der Waals surface area contributed by atoms with Crippen LogP contribution in [0.4, 0.5) is 0 Å². The van der Waals surface area contributed by atoms with Gasteiger partial charge in [-0.2, -0.15) is 0 Å². The number of methoxy groups -OCH3 is 1. The quantitative estimate of drug-likeness (QED) is 0.570. The second kappa shape index (κ2) is 9.97. The fourth-order valence-electron chi connectivity index (χ4n) is 1.95. The second-order valence-corrected chi connectivity index (χ2v) is 6.14. The summed E-state index contributed by atoms with van der Waals surface area (Å²) in [5.41, 5.74) is 0.368. The van der Waals surface area contributed by atoms with Gasteiger partial charge in [0.05, 0.1) is 12.7 Å². The molecule has 2 atom stereocenters. The minimum absolute atomic E-state index is 0.0869. The van der Waals surface area contributed by atoms with Crippen LogP contribution in [0, 0.1) is 5.92 Å². The Morgan fingerprint density at radius 2 is 1.83 bits per heavy atom. The van der Waals surface area contributed by atoms with Gasteiger partial charge in [0.25, 0.3) is 5.91 Å². The Labute approximate surface area is 146 Å². The van der Waals surface area contributed by atoms with E-state index in [1.807, 2.05) is 20.1 Å². The molecule has 24 heavy (non-hydrogen) atoms. The lowest BCUT2D eigenvalue weighted by atomic mass is 9.99. The van der Waals surface area contributed by atoms with E-state index in [1.54, 1.807) is 36.0 Å². The van der Waals surface area contributed by atoms with Gasteiger partial charge in [-0.05, 0) is 36.4 Å². The zero-order valence-corrected chi connectivity index (χ0v) is 15.1. The van der Waals surface area contributed by atoms with E-state index in [2.05, 4.69) is 10.1 Å². The molecule has 0 fully saturated rings. The Balaban J connectivity index is 2.57. The van der Waals surface area contributed by atoms with Gasteiger partial charge in [-0.3, -0.25) is 4.79 Å². The molecule has 0 radical (unpaired) electrons. The fraction of sp³-hybridized carbons (Fsp3) is 0.471. The van der Waals surface area contributed by atoms with Crippen molar-refractivity contribution in [2.75, 3.05) is 20.0 Å². The summed E-state index contributed by atoms with van der Waals surface area (Å²) in [6, 6.07) is 6.13. The van der Waals surface area contributed by atoms with Crippen LogP contribution >= 0.6 is 11.8 Å². The van der Waals surface area contributed by atoms with Crippen molar-refractivity contribution in [3.05, 3.63) is 29.8 Å². The Bertz CT molecular complexity index is 573. The highest BCUT2D eigenvalue weighted by molar-refractivity contribution is 7.98. The van der Waals surface area contributed by atoms with Gasteiger partial charge in [0.1, 0.15) is 6.04 Å². The average Bonchev–Trinajstić information content (AvgIpc) is 2.62. The number of hydrogen-bond acceptors (Lipinski definition) is 6. The first kappa shape index (κ1) is 20.0. The van der Waals surface area contributed by atoms with E-state index < -0.39 is 30.5 Å². The van der Waals surface area contributed by atoms with Crippen molar-refractivity contribution in [1.82, 2.24) is 5.32 Å². The van der Waals surface area contributed by atoms with Crippen LogP contribution in [0.3, 0.4) is 0 Å². The number of carbonyl (C=O) groups excluding carboxylic acids is 3. The van der Waals surface area contributed by atoms with Crippen LogP contribution in [-0.4, -0.2) is 43.9 Å². The predicted octanol–water partition coefficient (Wildman–Crippen LogP) is 2.27. The van der Waals surface area contributed by atoms with Gasteiger partial charge in [0, 0.05) is 4.90 Å². The van der Waals surface area contributed by atoms with Crippen LogP contribution in [-0.2, 0) is 19.1 Å². The molecule has 1 rings (SSSR count). The molecule has 0 aromatic heterocycles. The SMILES string of the molecule is CC[C@H](C)[C@H](NC(=O)COC(=O)c1ccc(SC)cc1)C(=O)OC. The smallest absolute Gasteiger partial charge is 0.338 e. The maximum atomic E-state index is 11.9. The molecule has 1 aromatic carbocycles. The van der Waals surface area contributed by atoms with Gasteiger partial charge >= 0.3 is 11.9 Å². The Kier molecular flexibility index (Phi) is 8.32. The van der Waals surface area contributed by atoms with Crippen molar-refractivity contribution in [2.24, 2.45) is 5.92 Å². The van der Waals surface area contributed by atoms with Gasteiger partial charge in [-0.1, -0.05) is 20.3 Å². The summed E-state index contributed by atoms with van der Waals surface area (Å²) in [4.78, 5) is 36.6. The van der Waals surface area contributed by atoms with Crippen LogP contribution < -0.4 is 5.32 Å². The first-order valence-corrected chi connectivity index (χ1v) is 8.83. The highest BCUT2D eigenvalue weighted by Gasteiger charge is 2.27. The van der Waals surface area contributed by atoms with Crippen LogP contribution in [0.5, 0.6) is 0 Å². The third kappa shape index (κ3) is 5.88. The van der Waals surface area contributed by atoms with Gasteiger partial charge in [-0.15, -0.1) is 11.8 Å². The van der Waals surface area contributed by atoms with Crippen LogP contribution in [0.25, 0.3) is 0 Å². The zero-order valence-electron chi connectivity index (χ0n) is 14.3. The van der Waals surface area contributed by atoms with Crippen molar-refractivity contribution in [2.45, 2.75) is 31.2 Å². The largest absolute Gasteiger partial charge is 0.467 e.